The maximum absolute atomic E-state index is 5.93. The number of hydrogen-bond acceptors (Lipinski definition) is 4. The lowest BCUT2D eigenvalue weighted by Gasteiger charge is -2.12. The van der Waals surface area contributed by atoms with Crippen molar-refractivity contribution >= 4 is 11.6 Å². The highest BCUT2D eigenvalue weighted by atomic mass is 16.5. The molecule has 116 valence electrons. The molecule has 0 saturated carbocycles. The first kappa shape index (κ1) is 15.6. The van der Waals surface area contributed by atoms with Crippen LogP contribution in [-0.2, 0) is 6.54 Å². The number of nitrogens with two attached hydrogens (primary N) is 1. The monoisotopic (exact) mass is 300 g/mol. The Morgan fingerprint density at radius 2 is 2.09 bits per heavy atom. The number of aryl methyl sites for hydroxylation is 1. The van der Waals surface area contributed by atoms with Crippen LogP contribution in [0.2, 0.25) is 0 Å². The van der Waals surface area contributed by atoms with Crippen molar-refractivity contribution < 1.29 is 9.47 Å². The number of rotatable bonds is 5. The van der Waals surface area contributed by atoms with Gasteiger partial charge in [-0.25, -0.2) is 4.99 Å². The van der Waals surface area contributed by atoms with E-state index < -0.39 is 0 Å². The Labute approximate surface area is 130 Å². The lowest BCUT2D eigenvalue weighted by molar-refractivity contribution is 0.405. The van der Waals surface area contributed by atoms with Gasteiger partial charge in [0, 0.05) is 12.3 Å². The highest BCUT2D eigenvalue weighted by Gasteiger charge is 2.06. The molecule has 22 heavy (non-hydrogen) atoms. The van der Waals surface area contributed by atoms with E-state index in [1.807, 2.05) is 25.1 Å². The van der Waals surface area contributed by atoms with E-state index in [-0.39, 0.29) is 5.96 Å². The van der Waals surface area contributed by atoms with Crippen molar-refractivity contribution in [2.24, 2.45) is 10.7 Å². The molecule has 6 heteroatoms. The number of methoxy groups -OCH3 is 2. The van der Waals surface area contributed by atoms with Gasteiger partial charge in [0.2, 0.25) is 0 Å². The number of benzene rings is 1. The molecular weight excluding hydrogens is 280 g/mol. The zero-order chi connectivity index (χ0) is 15.9. The maximum atomic E-state index is 5.93. The fourth-order valence-corrected chi connectivity index (χ4v) is 1.93. The predicted octanol–water partition coefficient (Wildman–Crippen LogP) is 2.33. The molecule has 0 amide bonds. The normalized spacial score (nSPS) is 11.1. The molecule has 2 aromatic rings. The highest BCUT2D eigenvalue weighted by molar-refractivity contribution is 5.93. The smallest absolute Gasteiger partial charge is 0.193 e. The second-order valence-corrected chi connectivity index (χ2v) is 4.66. The minimum absolute atomic E-state index is 0.289. The van der Waals surface area contributed by atoms with E-state index >= 15 is 0 Å². The first-order valence-electron chi connectivity index (χ1n) is 6.83. The van der Waals surface area contributed by atoms with Crippen LogP contribution in [0.5, 0.6) is 11.5 Å². The number of pyridine rings is 1. The fraction of sp³-hybridized carbons (Fsp3) is 0.250. The molecule has 0 atom stereocenters. The van der Waals surface area contributed by atoms with Crippen LogP contribution in [0.15, 0.2) is 41.5 Å². The summed E-state index contributed by atoms with van der Waals surface area (Å²) >= 11 is 0. The van der Waals surface area contributed by atoms with Crippen LogP contribution in [0.25, 0.3) is 0 Å². The van der Waals surface area contributed by atoms with E-state index in [9.17, 15) is 0 Å². The number of aliphatic imine (C=N–C) groups is 1. The SMILES string of the molecule is COc1ccc(OC)c(NC(N)=NCc2ncccc2C)c1. The Balaban J connectivity index is 2.12. The van der Waals surface area contributed by atoms with Gasteiger partial charge in [0.15, 0.2) is 5.96 Å². The van der Waals surface area contributed by atoms with Crippen molar-refractivity contribution in [3.8, 4) is 11.5 Å². The Morgan fingerprint density at radius 3 is 2.77 bits per heavy atom. The van der Waals surface area contributed by atoms with Crippen molar-refractivity contribution in [1.29, 1.82) is 0 Å². The lowest BCUT2D eigenvalue weighted by atomic mass is 10.2. The van der Waals surface area contributed by atoms with Gasteiger partial charge in [-0.3, -0.25) is 4.98 Å². The quantitative estimate of drug-likeness (QED) is 0.654. The summed E-state index contributed by atoms with van der Waals surface area (Å²) in [6, 6.07) is 9.30. The van der Waals surface area contributed by atoms with Crippen LogP contribution in [0.1, 0.15) is 11.3 Å². The minimum atomic E-state index is 0.289. The van der Waals surface area contributed by atoms with Crippen molar-refractivity contribution in [3.05, 3.63) is 47.8 Å². The molecule has 3 N–H and O–H groups in total. The first-order valence-corrected chi connectivity index (χ1v) is 6.83. The van der Waals surface area contributed by atoms with Gasteiger partial charge in [-0.05, 0) is 30.7 Å². The number of guanidine groups is 1. The summed E-state index contributed by atoms with van der Waals surface area (Å²) in [6.07, 6.45) is 1.74. The van der Waals surface area contributed by atoms with Crippen LogP contribution < -0.4 is 20.5 Å². The first-order chi connectivity index (χ1) is 10.6. The summed E-state index contributed by atoms with van der Waals surface area (Å²) in [7, 11) is 3.20. The molecule has 1 aromatic heterocycles. The van der Waals surface area contributed by atoms with Crippen LogP contribution in [0.4, 0.5) is 5.69 Å². The summed E-state index contributed by atoms with van der Waals surface area (Å²) in [5.41, 5.74) is 8.60. The Morgan fingerprint density at radius 1 is 1.27 bits per heavy atom. The topological polar surface area (TPSA) is 81.8 Å². The molecule has 0 radical (unpaired) electrons. The van der Waals surface area contributed by atoms with Gasteiger partial charge in [0.1, 0.15) is 11.5 Å². The number of nitrogens with one attached hydrogen (secondary N) is 1. The molecule has 0 fully saturated rings. The second-order valence-electron chi connectivity index (χ2n) is 4.66. The Kier molecular flexibility index (Phi) is 5.19. The van der Waals surface area contributed by atoms with Gasteiger partial charge in [-0.15, -0.1) is 0 Å². The van der Waals surface area contributed by atoms with E-state index in [1.54, 1.807) is 32.5 Å². The predicted molar refractivity (Wildman–Crippen MR) is 87.5 cm³/mol. The summed E-state index contributed by atoms with van der Waals surface area (Å²) < 4.78 is 10.5. The van der Waals surface area contributed by atoms with Crippen LogP contribution in [0, 0.1) is 6.92 Å². The van der Waals surface area contributed by atoms with E-state index in [0.29, 0.717) is 23.7 Å². The summed E-state index contributed by atoms with van der Waals surface area (Å²) in [5.74, 6) is 1.65. The van der Waals surface area contributed by atoms with Crippen LogP contribution in [0.3, 0.4) is 0 Å². The lowest BCUT2D eigenvalue weighted by Crippen LogP contribution is -2.23. The molecule has 0 aliphatic heterocycles. The Bertz CT molecular complexity index is 671. The van der Waals surface area contributed by atoms with Gasteiger partial charge in [-0.1, -0.05) is 6.07 Å². The average Bonchev–Trinajstić information content (AvgIpc) is 2.54. The molecular formula is C16H20N4O2. The second kappa shape index (κ2) is 7.31. The maximum Gasteiger partial charge on any atom is 0.193 e. The third-order valence-corrected chi connectivity index (χ3v) is 3.19. The summed E-state index contributed by atoms with van der Waals surface area (Å²) in [5, 5.41) is 3.02. The molecule has 0 aliphatic carbocycles. The van der Waals surface area contributed by atoms with Gasteiger partial charge in [0.25, 0.3) is 0 Å². The number of aromatic nitrogens is 1. The van der Waals surface area contributed by atoms with Gasteiger partial charge < -0.3 is 20.5 Å². The van der Waals surface area contributed by atoms with Gasteiger partial charge >= 0.3 is 0 Å². The van der Waals surface area contributed by atoms with E-state index in [1.165, 1.54) is 0 Å². The summed E-state index contributed by atoms with van der Waals surface area (Å²) in [6.45, 7) is 2.41. The Hall–Kier alpha value is -2.76. The largest absolute Gasteiger partial charge is 0.497 e. The standard InChI is InChI=1S/C16H20N4O2/c1-11-5-4-8-18-14(11)10-19-16(17)20-13-9-12(21-2)6-7-15(13)22-3/h4-9H,10H2,1-3H3,(H3,17,19,20). The molecule has 0 spiro atoms. The van der Waals surface area contributed by atoms with Crippen molar-refractivity contribution in [2.75, 3.05) is 19.5 Å². The van der Waals surface area contributed by atoms with Crippen LogP contribution >= 0.6 is 0 Å². The number of nitrogens with zero attached hydrogens (tertiary/aromatic N) is 2. The molecule has 1 aromatic carbocycles. The van der Waals surface area contributed by atoms with Crippen molar-refractivity contribution in [1.82, 2.24) is 4.98 Å². The zero-order valence-electron chi connectivity index (χ0n) is 13.0. The van der Waals surface area contributed by atoms with Crippen molar-refractivity contribution in [2.45, 2.75) is 13.5 Å². The van der Waals surface area contributed by atoms with Crippen molar-refractivity contribution in [3.63, 3.8) is 0 Å². The zero-order valence-corrected chi connectivity index (χ0v) is 13.0. The summed E-state index contributed by atoms with van der Waals surface area (Å²) in [4.78, 5) is 8.59. The van der Waals surface area contributed by atoms with Gasteiger partial charge in [0.05, 0.1) is 32.1 Å². The molecule has 0 aliphatic rings. The number of ether oxygens (including phenoxy) is 2. The average molecular weight is 300 g/mol. The third kappa shape index (κ3) is 3.88. The highest BCUT2D eigenvalue weighted by Crippen LogP contribution is 2.28. The third-order valence-electron chi connectivity index (χ3n) is 3.19. The number of anilines is 1. The minimum Gasteiger partial charge on any atom is -0.497 e. The molecule has 0 saturated heterocycles. The molecule has 0 unspecified atom stereocenters. The van der Waals surface area contributed by atoms with E-state index in [2.05, 4.69) is 15.3 Å². The van der Waals surface area contributed by atoms with Gasteiger partial charge in [-0.2, -0.15) is 0 Å². The fourth-order valence-electron chi connectivity index (χ4n) is 1.93. The van der Waals surface area contributed by atoms with E-state index in [0.717, 1.165) is 11.3 Å². The molecule has 1 heterocycles. The number of hydrogen-bond donors (Lipinski definition) is 2. The molecule has 0 bridgehead atoms. The van der Waals surface area contributed by atoms with Crippen LogP contribution in [-0.4, -0.2) is 25.2 Å². The molecule has 6 nitrogen and oxygen atoms in total. The molecule has 2 rings (SSSR count). The van der Waals surface area contributed by atoms with E-state index in [4.69, 9.17) is 15.2 Å².